The zero-order valence-electron chi connectivity index (χ0n) is 12.4. The lowest BCUT2D eigenvalue weighted by Crippen LogP contribution is -2.09. The van der Waals surface area contributed by atoms with Gasteiger partial charge in [-0.1, -0.05) is 13.8 Å². The maximum atomic E-state index is 13.3. The zero-order chi connectivity index (χ0) is 14.5. The average Bonchev–Trinajstić information content (AvgIpc) is 2.86. The third-order valence-corrected chi connectivity index (χ3v) is 3.50. The molecule has 0 saturated carbocycles. The quantitative estimate of drug-likeness (QED) is 0.851. The minimum Gasteiger partial charge on any atom is -0.379 e. The van der Waals surface area contributed by atoms with E-state index in [4.69, 9.17) is 0 Å². The van der Waals surface area contributed by atoms with Crippen LogP contribution >= 0.6 is 0 Å². The molecule has 0 amide bonds. The van der Waals surface area contributed by atoms with Crippen molar-refractivity contribution in [2.75, 3.05) is 5.32 Å². The molecule has 0 fully saturated rings. The second-order valence-corrected chi connectivity index (χ2v) is 5.13. The van der Waals surface area contributed by atoms with E-state index < -0.39 is 0 Å². The Kier molecular flexibility index (Phi) is 4.77. The van der Waals surface area contributed by atoms with Gasteiger partial charge in [-0.2, -0.15) is 5.10 Å². The number of halogens is 1. The van der Waals surface area contributed by atoms with Crippen molar-refractivity contribution < 1.29 is 4.39 Å². The van der Waals surface area contributed by atoms with E-state index in [-0.39, 0.29) is 5.82 Å². The fourth-order valence-electron chi connectivity index (χ4n) is 2.37. The summed E-state index contributed by atoms with van der Waals surface area (Å²) in [7, 11) is 0. The maximum absolute atomic E-state index is 13.3. The summed E-state index contributed by atoms with van der Waals surface area (Å²) in [6, 6.07) is 7.43. The summed E-state index contributed by atoms with van der Waals surface area (Å²) in [5, 5.41) is 7.79. The van der Waals surface area contributed by atoms with Gasteiger partial charge >= 0.3 is 0 Å². The molecule has 0 radical (unpaired) electrons. The molecule has 108 valence electrons. The fraction of sp³-hybridized carbons (Fsp3) is 0.438. The van der Waals surface area contributed by atoms with Crippen LogP contribution < -0.4 is 5.32 Å². The van der Waals surface area contributed by atoms with Crippen molar-refractivity contribution in [3.8, 4) is 0 Å². The molecule has 20 heavy (non-hydrogen) atoms. The van der Waals surface area contributed by atoms with E-state index in [0.29, 0.717) is 12.6 Å². The number of hydrogen-bond donors (Lipinski definition) is 1. The van der Waals surface area contributed by atoms with Crippen molar-refractivity contribution in [3.05, 3.63) is 47.5 Å². The monoisotopic (exact) mass is 275 g/mol. The highest BCUT2D eigenvalue weighted by atomic mass is 19.1. The van der Waals surface area contributed by atoms with Crippen molar-refractivity contribution >= 4 is 5.69 Å². The third kappa shape index (κ3) is 3.59. The second kappa shape index (κ2) is 6.55. The lowest BCUT2D eigenvalue weighted by atomic mass is 10.2. The van der Waals surface area contributed by atoms with Crippen molar-refractivity contribution in [1.82, 2.24) is 9.78 Å². The normalized spacial score (nSPS) is 11.1. The van der Waals surface area contributed by atoms with Crippen molar-refractivity contribution in [1.29, 1.82) is 0 Å². The molecule has 0 spiro atoms. The predicted molar refractivity (Wildman–Crippen MR) is 80.3 cm³/mol. The predicted octanol–water partition coefficient (Wildman–Crippen LogP) is 4.30. The molecule has 1 aromatic heterocycles. The van der Waals surface area contributed by atoms with Gasteiger partial charge in [-0.3, -0.25) is 4.68 Å². The van der Waals surface area contributed by atoms with Gasteiger partial charge in [0.1, 0.15) is 5.82 Å². The Morgan fingerprint density at radius 3 is 2.65 bits per heavy atom. The Morgan fingerprint density at radius 1 is 1.25 bits per heavy atom. The van der Waals surface area contributed by atoms with Crippen LogP contribution in [-0.2, 0) is 6.54 Å². The first-order chi connectivity index (χ1) is 9.62. The first kappa shape index (κ1) is 14.6. The average molecular weight is 275 g/mol. The van der Waals surface area contributed by atoms with Crippen LogP contribution in [0.5, 0.6) is 0 Å². The molecule has 0 aliphatic heterocycles. The van der Waals surface area contributed by atoms with Crippen LogP contribution in [0, 0.1) is 12.7 Å². The molecule has 0 aliphatic carbocycles. The lowest BCUT2D eigenvalue weighted by molar-refractivity contribution is 0.426. The summed E-state index contributed by atoms with van der Waals surface area (Å²) in [6.45, 7) is 6.83. The van der Waals surface area contributed by atoms with Crippen LogP contribution in [0.2, 0.25) is 0 Å². The summed E-state index contributed by atoms with van der Waals surface area (Å²) in [6.07, 6.45) is 4.17. The van der Waals surface area contributed by atoms with Gasteiger partial charge in [-0.05, 0) is 49.6 Å². The van der Waals surface area contributed by atoms with Crippen LogP contribution in [0.3, 0.4) is 0 Å². The minimum atomic E-state index is -0.213. The number of benzene rings is 1. The molecule has 4 heteroatoms. The Labute approximate surface area is 119 Å². The van der Waals surface area contributed by atoms with Gasteiger partial charge in [0.15, 0.2) is 0 Å². The molecule has 0 bridgehead atoms. The SMILES string of the molecule is CCC(CC)n1ccc(CNc2cc(C)cc(F)c2)n1. The number of rotatable bonds is 6. The summed E-state index contributed by atoms with van der Waals surface area (Å²) >= 11 is 0. The van der Waals surface area contributed by atoms with Crippen molar-refractivity contribution in [2.45, 2.75) is 46.2 Å². The lowest BCUT2D eigenvalue weighted by Gasteiger charge is -2.12. The maximum Gasteiger partial charge on any atom is 0.125 e. The van der Waals surface area contributed by atoms with Gasteiger partial charge in [-0.25, -0.2) is 4.39 Å². The number of nitrogens with one attached hydrogen (secondary N) is 1. The van der Waals surface area contributed by atoms with E-state index in [9.17, 15) is 4.39 Å². The van der Waals surface area contributed by atoms with Gasteiger partial charge < -0.3 is 5.32 Å². The molecule has 1 N–H and O–H groups in total. The van der Waals surface area contributed by atoms with E-state index in [1.807, 2.05) is 29.9 Å². The van der Waals surface area contributed by atoms with E-state index in [1.54, 1.807) is 0 Å². The van der Waals surface area contributed by atoms with Gasteiger partial charge in [-0.15, -0.1) is 0 Å². The Balaban J connectivity index is 2.00. The number of aryl methyl sites for hydroxylation is 1. The largest absolute Gasteiger partial charge is 0.379 e. The summed E-state index contributed by atoms with van der Waals surface area (Å²) in [5.41, 5.74) is 2.67. The van der Waals surface area contributed by atoms with E-state index in [1.165, 1.54) is 12.1 Å². The highest BCUT2D eigenvalue weighted by Gasteiger charge is 2.07. The molecule has 1 heterocycles. The summed E-state index contributed by atoms with van der Waals surface area (Å²) in [5.74, 6) is -0.213. The molecule has 0 unspecified atom stereocenters. The van der Waals surface area contributed by atoms with Crippen LogP contribution in [0.25, 0.3) is 0 Å². The van der Waals surface area contributed by atoms with Gasteiger partial charge in [0.05, 0.1) is 18.3 Å². The number of hydrogen-bond acceptors (Lipinski definition) is 2. The topological polar surface area (TPSA) is 29.9 Å². The van der Waals surface area contributed by atoms with Gasteiger partial charge in [0, 0.05) is 11.9 Å². The minimum absolute atomic E-state index is 0.213. The van der Waals surface area contributed by atoms with E-state index in [0.717, 1.165) is 29.8 Å². The highest BCUT2D eigenvalue weighted by molar-refractivity contribution is 5.46. The second-order valence-electron chi connectivity index (χ2n) is 5.13. The molecule has 3 nitrogen and oxygen atoms in total. The smallest absolute Gasteiger partial charge is 0.125 e. The standard InChI is InChI=1S/C16H22FN3/c1-4-16(5-2)20-7-6-14(19-20)11-18-15-9-12(3)8-13(17)10-15/h6-10,16,18H,4-5,11H2,1-3H3. The van der Waals surface area contributed by atoms with Crippen LogP contribution in [0.4, 0.5) is 10.1 Å². The molecular weight excluding hydrogens is 253 g/mol. The van der Waals surface area contributed by atoms with E-state index in [2.05, 4.69) is 24.3 Å². The molecular formula is C16H22FN3. The van der Waals surface area contributed by atoms with E-state index >= 15 is 0 Å². The van der Waals surface area contributed by atoms with Crippen molar-refractivity contribution in [2.24, 2.45) is 0 Å². The molecule has 1 aromatic carbocycles. The van der Waals surface area contributed by atoms with Gasteiger partial charge in [0.2, 0.25) is 0 Å². The highest BCUT2D eigenvalue weighted by Crippen LogP contribution is 2.16. The zero-order valence-corrected chi connectivity index (χ0v) is 12.4. The Bertz CT molecular complexity index is 538. The van der Waals surface area contributed by atoms with Crippen LogP contribution in [0.1, 0.15) is 44.0 Å². The summed E-state index contributed by atoms with van der Waals surface area (Å²) < 4.78 is 15.3. The number of aromatic nitrogens is 2. The molecule has 2 aromatic rings. The van der Waals surface area contributed by atoms with Crippen LogP contribution in [-0.4, -0.2) is 9.78 Å². The molecule has 0 saturated heterocycles. The molecule has 0 aliphatic rings. The molecule has 2 rings (SSSR count). The molecule has 0 atom stereocenters. The first-order valence-electron chi connectivity index (χ1n) is 7.17. The summed E-state index contributed by atoms with van der Waals surface area (Å²) in [4.78, 5) is 0. The van der Waals surface area contributed by atoms with Gasteiger partial charge in [0.25, 0.3) is 0 Å². The Morgan fingerprint density at radius 2 is 2.00 bits per heavy atom. The Hall–Kier alpha value is -1.84. The van der Waals surface area contributed by atoms with Crippen LogP contribution in [0.15, 0.2) is 30.5 Å². The van der Waals surface area contributed by atoms with Crippen molar-refractivity contribution in [3.63, 3.8) is 0 Å². The first-order valence-corrected chi connectivity index (χ1v) is 7.17. The number of anilines is 1. The third-order valence-electron chi connectivity index (χ3n) is 3.50. The number of nitrogens with zero attached hydrogens (tertiary/aromatic N) is 2. The fourth-order valence-corrected chi connectivity index (χ4v) is 2.37.